The fourth-order valence-electron chi connectivity index (χ4n) is 0.806. The van der Waals surface area contributed by atoms with Crippen molar-refractivity contribution in [2.24, 2.45) is 11.7 Å². The third-order valence-corrected chi connectivity index (χ3v) is 1.48. The third-order valence-electron chi connectivity index (χ3n) is 1.48. The number of hydrogen-bond donors (Lipinski definition) is 2. The second-order valence-electron chi connectivity index (χ2n) is 2.34. The Bertz CT molecular complexity index is 169. The van der Waals surface area contributed by atoms with Crippen LogP contribution in [-0.2, 0) is 14.3 Å². The van der Waals surface area contributed by atoms with E-state index in [2.05, 4.69) is 4.74 Å². The van der Waals surface area contributed by atoms with E-state index in [1.807, 2.05) is 0 Å². The molecule has 0 bridgehead atoms. The quantitative estimate of drug-likeness (QED) is 0.438. The number of carboxylic acid groups (broad SMARTS) is 1. The molecule has 70 valence electrons. The van der Waals surface area contributed by atoms with Gasteiger partial charge >= 0.3 is 11.9 Å². The summed E-state index contributed by atoms with van der Waals surface area (Å²) in [5.74, 6) is -2.94. The summed E-state index contributed by atoms with van der Waals surface area (Å²) in [5.41, 5.74) is 5.17. The molecule has 0 amide bonds. The van der Waals surface area contributed by atoms with Gasteiger partial charge in [-0.25, -0.2) is 0 Å². The van der Waals surface area contributed by atoms with Gasteiger partial charge in [0.1, 0.15) is 0 Å². The zero-order chi connectivity index (χ0) is 9.56. The van der Waals surface area contributed by atoms with Crippen molar-refractivity contribution in [1.29, 1.82) is 0 Å². The molecule has 1 atom stereocenters. The van der Waals surface area contributed by atoms with Gasteiger partial charge in [-0.2, -0.15) is 0 Å². The average Bonchev–Trinajstić information content (AvgIpc) is 2.04. The van der Waals surface area contributed by atoms with E-state index >= 15 is 0 Å². The molecule has 0 spiro atoms. The van der Waals surface area contributed by atoms with Crippen molar-refractivity contribution in [3.05, 3.63) is 0 Å². The fraction of sp³-hybridized carbons (Fsp3) is 0.714. The zero-order valence-corrected chi connectivity index (χ0v) is 6.95. The summed E-state index contributed by atoms with van der Waals surface area (Å²) in [6.07, 6.45) is 0.741. The largest absolute Gasteiger partial charge is 0.481 e. The molecular weight excluding hydrogens is 162 g/mol. The van der Waals surface area contributed by atoms with Crippen LogP contribution >= 0.6 is 0 Å². The summed E-state index contributed by atoms with van der Waals surface area (Å²) in [6.45, 7) is 0.376. The van der Waals surface area contributed by atoms with E-state index in [1.165, 1.54) is 7.11 Å². The Balaban J connectivity index is 4.04. The highest BCUT2D eigenvalue weighted by Gasteiger charge is 2.25. The minimum absolute atomic E-state index is 0.235. The molecule has 12 heavy (non-hydrogen) atoms. The normalized spacial score (nSPS) is 12.2. The lowest BCUT2D eigenvalue weighted by atomic mass is 10.0. The van der Waals surface area contributed by atoms with E-state index in [0.717, 1.165) is 0 Å². The van der Waals surface area contributed by atoms with Gasteiger partial charge in [0, 0.05) is 0 Å². The SMILES string of the molecule is COC(=O)[C@@H](CCCN)C(=O)O. The first-order valence-corrected chi connectivity index (χ1v) is 3.64. The van der Waals surface area contributed by atoms with Gasteiger partial charge in [-0.15, -0.1) is 0 Å². The maximum Gasteiger partial charge on any atom is 0.320 e. The molecule has 0 saturated heterocycles. The number of carbonyl (C=O) groups is 2. The van der Waals surface area contributed by atoms with Crippen molar-refractivity contribution in [2.75, 3.05) is 13.7 Å². The van der Waals surface area contributed by atoms with Gasteiger partial charge in [-0.1, -0.05) is 0 Å². The van der Waals surface area contributed by atoms with E-state index in [9.17, 15) is 9.59 Å². The highest BCUT2D eigenvalue weighted by molar-refractivity contribution is 5.93. The Morgan fingerprint density at radius 3 is 2.50 bits per heavy atom. The summed E-state index contributed by atoms with van der Waals surface area (Å²) in [4.78, 5) is 21.3. The van der Waals surface area contributed by atoms with Crippen molar-refractivity contribution in [2.45, 2.75) is 12.8 Å². The fourth-order valence-corrected chi connectivity index (χ4v) is 0.806. The maximum atomic E-state index is 10.8. The second-order valence-corrected chi connectivity index (χ2v) is 2.34. The highest BCUT2D eigenvalue weighted by atomic mass is 16.5. The van der Waals surface area contributed by atoms with E-state index in [4.69, 9.17) is 10.8 Å². The molecule has 0 fully saturated rings. The van der Waals surface area contributed by atoms with E-state index in [-0.39, 0.29) is 6.42 Å². The van der Waals surface area contributed by atoms with Crippen molar-refractivity contribution in [1.82, 2.24) is 0 Å². The van der Waals surface area contributed by atoms with Gasteiger partial charge in [0.05, 0.1) is 7.11 Å². The molecule has 5 heteroatoms. The average molecular weight is 175 g/mol. The minimum Gasteiger partial charge on any atom is -0.481 e. The number of methoxy groups -OCH3 is 1. The van der Waals surface area contributed by atoms with Gasteiger partial charge in [0.2, 0.25) is 0 Å². The first kappa shape index (κ1) is 10.9. The summed E-state index contributed by atoms with van der Waals surface area (Å²) < 4.78 is 4.31. The van der Waals surface area contributed by atoms with E-state index in [0.29, 0.717) is 13.0 Å². The summed E-state index contributed by atoms with van der Waals surface area (Å²) >= 11 is 0. The van der Waals surface area contributed by atoms with Crippen LogP contribution < -0.4 is 5.73 Å². The monoisotopic (exact) mass is 175 g/mol. The molecule has 0 unspecified atom stereocenters. The lowest BCUT2D eigenvalue weighted by Crippen LogP contribution is -2.25. The smallest absolute Gasteiger partial charge is 0.320 e. The van der Waals surface area contributed by atoms with E-state index in [1.54, 1.807) is 0 Å². The molecule has 0 heterocycles. The molecule has 0 aliphatic carbocycles. The lowest BCUT2D eigenvalue weighted by Gasteiger charge is -2.08. The predicted octanol–water partition coefficient (Wildman–Crippen LogP) is -0.401. The molecule has 0 aliphatic rings. The molecule has 0 aromatic carbocycles. The molecule has 3 N–H and O–H groups in total. The first-order valence-electron chi connectivity index (χ1n) is 3.64. The van der Waals surface area contributed by atoms with Gasteiger partial charge in [-0.3, -0.25) is 9.59 Å². The van der Waals surface area contributed by atoms with Crippen molar-refractivity contribution in [3.63, 3.8) is 0 Å². The van der Waals surface area contributed by atoms with Gasteiger partial charge < -0.3 is 15.6 Å². The number of hydrogen-bond acceptors (Lipinski definition) is 4. The Labute approximate surface area is 70.5 Å². The number of rotatable bonds is 5. The molecule has 0 aromatic rings. The van der Waals surface area contributed by atoms with Gasteiger partial charge in [-0.05, 0) is 19.4 Å². The van der Waals surface area contributed by atoms with Crippen LogP contribution in [0.4, 0.5) is 0 Å². The maximum absolute atomic E-state index is 10.8. The number of aliphatic carboxylic acids is 1. The first-order chi connectivity index (χ1) is 5.63. The third kappa shape index (κ3) is 3.34. The molecule has 0 aromatic heterocycles. The Morgan fingerprint density at radius 2 is 2.17 bits per heavy atom. The van der Waals surface area contributed by atoms with Crippen LogP contribution in [0.2, 0.25) is 0 Å². The van der Waals surface area contributed by atoms with Crippen molar-refractivity contribution < 1.29 is 19.4 Å². The van der Waals surface area contributed by atoms with Crippen molar-refractivity contribution in [3.8, 4) is 0 Å². The Hall–Kier alpha value is -1.10. The predicted molar refractivity (Wildman–Crippen MR) is 41.4 cm³/mol. The van der Waals surface area contributed by atoms with Crippen LogP contribution in [0.15, 0.2) is 0 Å². The molecular formula is C7H13NO4. The number of esters is 1. The van der Waals surface area contributed by atoms with Crippen LogP contribution in [-0.4, -0.2) is 30.7 Å². The zero-order valence-electron chi connectivity index (χ0n) is 6.95. The standard InChI is InChI=1S/C7H13NO4/c1-12-7(11)5(6(9)10)3-2-4-8/h5H,2-4,8H2,1H3,(H,9,10)/t5-/m0/s1. The topological polar surface area (TPSA) is 89.6 Å². The van der Waals surface area contributed by atoms with E-state index < -0.39 is 17.9 Å². The number of carboxylic acids is 1. The Morgan fingerprint density at radius 1 is 1.58 bits per heavy atom. The molecule has 0 radical (unpaired) electrons. The Kier molecular flexibility index (Phi) is 5.03. The minimum atomic E-state index is -1.16. The summed E-state index contributed by atoms with van der Waals surface area (Å²) in [7, 11) is 1.17. The number of carbonyl (C=O) groups excluding carboxylic acids is 1. The van der Waals surface area contributed by atoms with Gasteiger partial charge in [0.25, 0.3) is 0 Å². The molecule has 0 aliphatic heterocycles. The highest BCUT2D eigenvalue weighted by Crippen LogP contribution is 2.07. The van der Waals surface area contributed by atoms with Crippen LogP contribution in [0.3, 0.4) is 0 Å². The van der Waals surface area contributed by atoms with Crippen molar-refractivity contribution >= 4 is 11.9 Å². The summed E-state index contributed by atoms with van der Waals surface area (Å²) in [5, 5.41) is 8.56. The second kappa shape index (κ2) is 5.54. The van der Waals surface area contributed by atoms with Crippen LogP contribution in [0.5, 0.6) is 0 Å². The molecule has 5 nitrogen and oxygen atoms in total. The van der Waals surface area contributed by atoms with Crippen LogP contribution in [0.1, 0.15) is 12.8 Å². The van der Waals surface area contributed by atoms with Gasteiger partial charge in [0.15, 0.2) is 5.92 Å². The molecule has 0 rings (SSSR count). The number of nitrogens with two attached hydrogens (primary N) is 1. The lowest BCUT2D eigenvalue weighted by molar-refractivity contribution is -0.157. The number of ether oxygens (including phenoxy) is 1. The van der Waals surface area contributed by atoms with Crippen LogP contribution in [0, 0.1) is 5.92 Å². The molecule has 0 saturated carbocycles. The summed E-state index contributed by atoms with van der Waals surface area (Å²) in [6, 6.07) is 0. The van der Waals surface area contributed by atoms with Crippen LogP contribution in [0.25, 0.3) is 0 Å².